The van der Waals surface area contributed by atoms with Crippen molar-refractivity contribution in [3.8, 4) is 23.0 Å². The Labute approximate surface area is 190 Å². The van der Waals surface area contributed by atoms with Crippen molar-refractivity contribution in [3.63, 3.8) is 0 Å². The summed E-state index contributed by atoms with van der Waals surface area (Å²) in [5.41, 5.74) is 3.00. The molecule has 1 aliphatic heterocycles. The lowest BCUT2D eigenvalue weighted by atomic mass is 10.2. The average Bonchev–Trinajstić information content (AvgIpc) is 3.42. The summed E-state index contributed by atoms with van der Waals surface area (Å²) in [6.07, 6.45) is 1.72. The first-order valence-corrected chi connectivity index (χ1v) is 10.4. The monoisotopic (exact) mass is 445 g/mol. The second-order valence-electron chi connectivity index (χ2n) is 7.50. The van der Waals surface area contributed by atoms with Gasteiger partial charge in [-0.05, 0) is 17.7 Å². The van der Waals surface area contributed by atoms with E-state index in [4.69, 9.17) is 20.0 Å². The van der Waals surface area contributed by atoms with E-state index >= 15 is 0 Å². The Morgan fingerprint density at radius 2 is 1.76 bits per heavy atom. The van der Waals surface area contributed by atoms with Crippen molar-refractivity contribution in [1.82, 2.24) is 34.4 Å². The molecule has 10 heteroatoms. The van der Waals surface area contributed by atoms with Crippen LogP contribution in [0.4, 0.5) is 0 Å². The zero-order valence-corrected chi connectivity index (χ0v) is 18.3. The number of aromatic nitrogens is 6. The van der Waals surface area contributed by atoms with E-state index in [1.165, 1.54) is 0 Å². The molecule has 0 saturated carbocycles. The highest BCUT2D eigenvalue weighted by Gasteiger charge is 2.26. The number of likely N-dealkylation sites (N-methyl/N-ethyl adjacent to an activating group) is 1. The Morgan fingerprint density at radius 3 is 2.45 bits per heavy atom. The quantitative estimate of drug-likeness (QED) is 0.512. The highest BCUT2D eigenvalue weighted by Crippen LogP contribution is 2.24. The molecule has 0 spiro atoms. The summed E-state index contributed by atoms with van der Waals surface area (Å²) >= 11 is 0. The number of hydrogen-bond acceptors (Lipinski definition) is 6. The standard InChI is InChI=1S/C21H19N7O.C2H4O2/c1-26-11-12-27-18(21(26)29)13-17(24-27)20-23-19(16-9-5-6-10-22-16)25-28(20)14-15-7-3-2-4-8-15;1-2(3)4/h2-10,13H,11-12,14H2,1H3;1H3,(H,3,4). The lowest BCUT2D eigenvalue weighted by molar-refractivity contribution is -0.134. The summed E-state index contributed by atoms with van der Waals surface area (Å²) in [5, 5.41) is 16.7. The molecule has 1 aliphatic rings. The number of carboxylic acid groups (broad SMARTS) is 1. The van der Waals surface area contributed by atoms with Gasteiger partial charge in [0, 0.05) is 32.8 Å². The van der Waals surface area contributed by atoms with Gasteiger partial charge in [0.05, 0.1) is 13.1 Å². The van der Waals surface area contributed by atoms with Crippen LogP contribution in [0.3, 0.4) is 0 Å². The van der Waals surface area contributed by atoms with Crippen LogP contribution in [0.5, 0.6) is 0 Å². The molecule has 1 amide bonds. The number of benzene rings is 1. The molecule has 0 atom stereocenters. The van der Waals surface area contributed by atoms with Crippen LogP contribution < -0.4 is 0 Å². The fourth-order valence-corrected chi connectivity index (χ4v) is 3.41. The molecule has 3 aromatic heterocycles. The van der Waals surface area contributed by atoms with Crippen LogP contribution in [-0.2, 0) is 17.9 Å². The first-order valence-electron chi connectivity index (χ1n) is 10.4. The molecule has 10 nitrogen and oxygen atoms in total. The normalized spacial score (nSPS) is 12.7. The van der Waals surface area contributed by atoms with Crippen molar-refractivity contribution in [2.75, 3.05) is 13.6 Å². The highest BCUT2D eigenvalue weighted by molar-refractivity contribution is 5.94. The molecule has 1 aromatic carbocycles. The molecule has 0 saturated heterocycles. The van der Waals surface area contributed by atoms with Crippen LogP contribution in [0.15, 0.2) is 60.8 Å². The minimum Gasteiger partial charge on any atom is -0.481 e. The Hall–Kier alpha value is -4.34. The van der Waals surface area contributed by atoms with Crippen LogP contribution in [0.2, 0.25) is 0 Å². The average molecular weight is 445 g/mol. The molecule has 5 rings (SSSR count). The number of amides is 1. The summed E-state index contributed by atoms with van der Waals surface area (Å²) in [6.45, 7) is 2.94. The van der Waals surface area contributed by atoms with Crippen LogP contribution in [0.1, 0.15) is 23.0 Å². The molecule has 4 heterocycles. The molecule has 0 bridgehead atoms. The summed E-state index contributed by atoms with van der Waals surface area (Å²) in [4.78, 5) is 32.3. The van der Waals surface area contributed by atoms with Crippen molar-refractivity contribution in [2.24, 2.45) is 0 Å². The molecule has 0 unspecified atom stereocenters. The topological polar surface area (TPSA) is 119 Å². The van der Waals surface area contributed by atoms with Gasteiger partial charge in [-0.3, -0.25) is 19.3 Å². The molecule has 1 N–H and O–H groups in total. The zero-order valence-electron chi connectivity index (χ0n) is 18.3. The number of rotatable bonds is 4. The van der Waals surface area contributed by atoms with E-state index in [1.807, 2.05) is 53.2 Å². The number of nitrogens with zero attached hydrogens (tertiary/aromatic N) is 7. The van der Waals surface area contributed by atoms with Crippen molar-refractivity contribution in [3.05, 3.63) is 72.1 Å². The van der Waals surface area contributed by atoms with E-state index in [9.17, 15) is 4.79 Å². The maximum atomic E-state index is 12.5. The lowest BCUT2D eigenvalue weighted by Crippen LogP contribution is -2.37. The molecule has 33 heavy (non-hydrogen) atoms. The number of pyridine rings is 1. The summed E-state index contributed by atoms with van der Waals surface area (Å²) < 4.78 is 3.57. The fourth-order valence-electron chi connectivity index (χ4n) is 3.41. The molecule has 0 aliphatic carbocycles. The number of carboxylic acids is 1. The van der Waals surface area contributed by atoms with E-state index in [0.717, 1.165) is 12.5 Å². The first kappa shape index (κ1) is 21.9. The van der Waals surface area contributed by atoms with Gasteiger partial charge in [-0.2, -0.15) is 5.10 Å². The van der Waals surface area contributed by atoms with Gasteiger partial charge in [-0.1, -0.05) is 36.4 Å². The van der Waals surface area contributed by atoms with Gasteiger partial charge >= 0.3 is 0 Å². The minimum atomic E-state index is -0.833. The number of fused-ring (bicyclic) bond motifs is 1. The van der Waals surface area contributed by atoms with Crippen LogP contribution in [0, 0.1) is 0 Å². The Morgan fingerprint density at radius 1 is 1.03 bits per heavy atom. The summed E-state index contributed by atoms with van der Waals surface area (Å²) in [7, 11) is 1.80. The SMILES string of the molecule is CC(=O)O.CN1CCn2nc(-c3nc(-c4ccccn4)nn3Cc3ccccc3)cc2C1=O. The van der Waals surface area contributed by atoms with Gasteiger partial charge in [0.25, 0.3) is 11.9 Å². The number of carbonyl (C=O) groups is 2. The van der Waals surface area contributed by atoms with Gasteiger partial charge in [-0.25, -0.2) is 9.67 Å². The van der Waals surface area contributed by atoms with E-state index < -0.39 is 5.97 Å². The van der Waals surface area contributed by atoms with Gasteiger partial charge in [0.15, 0.2) is 11.6 Å². The predicted octanol–water partition coefficient (Wildman–Crippen LogP) is 2.43. The molecule has 0 radical (unpaired) electrons. The highest BCUT2D eigenvalue weighted by atomic mass is 16.4. The maximum Gasteiger partial charge on any atom is 0.300 e. The zero-order chi connectivity index (χ0) is 23.4. The number of hydrogen-bond donors (Lipinski definition) is 1. The van der Waals surface area contributed by atoms with E-state index in [1.54, 1.807) is 28.9 Å². The Bertz CT molecular complexity index is 1260. The number of aliphatic carboxylic acids is 1. The summed E-state index contributed by atoms with van der Waals surface area (Å²) in [6, 6.07) is 17.5. The largest absolute Gasteiger partial charge is 0.481 e. The minimum absolute atomic E-state index is 0.0333. The Balaban J connectivity index is 0.000000601. The van der Waals surface area contributed by atoms with Crippen LogP contribution in [0.25, 0.3) is 23.0 Å². The van der Waals surface area contributed by atoms with Gasteiger partial charge < -0.3 is 10.0 Å². The van der Waals surface area contributed by atoms with Crippen molar-refractivity contribution in [2.45, 2.75) is 20.0 Å². The smallest absolute Gasteiger partial charge is 0.300 e. The Kier molecular flexibility index (Phi) is 6.25. The number of carbonyl (C=O) groups excluding carboxylic acids is 1. The second-order valence-corrected chi connectivity index (χ2v) is 7.50. The van der Waals surface area contributed by atoms with Crippen molar-refractivity contribution >= 4 is 11.9 Å². The molecule has 4 aromatic rings. The van der Waals surface area contributed by atoms with E-state index in [0.29, 0.717) is 48.4 Å². The van der Waals surface area contributed by atoms with Crippen LogP contribution >= 0.6 is 0 Å². The predicted molar refractivity (Wildman–Crippen MR) is 120 cm³/mol. The van der Waals surface area contributed by atoms with Gasteiger partial charge in [0.1, 0.15) is 17.1 Å². The van der Waals surface area contributed by atoms with E-state index in [-0.39, 0.29) is 5.91 Å². The molecule has 168 valence electrons. The van der Waals surface area contributed by atoms with Crippen molar-refractivity contribution in [1.29, 1.82) is 0 Å². The summed E-state index contributed by atoms with van der Waals surface area (Å²) in [5.74, 6) is 0.284. The van der Waals surface area contributed by atoms with Crippen LogP contribution in [-0.4, -0.2) is 65.0 Å². The van der Waals surface area contributed by atoms with E-state index in [2.05, 4.69) is 10.1 Å². The second kappa shape index (κ2) is 9.43. The van der Waals surface area contributed by atoms with Gasteiger partial charge in [-0.15, -0.1) is 5.10 Å². The third-order valence-electron chi connectivity index (χ3n) is 4.96. The first-order chi connectivity index (χ1) is 15.9. The molecular weight excluding hydrogens is 422 g/mol. The fraction of sp³-hybridized carbons (Fsp3) is 0.217. The molecule has 0 fully saturated rings. The van der Waals surface area contributed by atoms with Crippen molar-refractivity contribution < 1.29 is 14.7 Å². The molecular formula is C23H23N7O3. The maximum absolute atomic E-state index is 12.5. The lowest BCUT2D eigenvalue weighted by Gasteiger charge is -2.22. The van der Waals surface area contributed by atoms with Gasteiger partial charge in [0.2, 0.25) is 0 Å². The third-order valence-corrected chi connectivity index (χ3v) is 4.96. The third kappa shape index (κ3) is 4.95.